The lowest BCUT2D eigenvalue weighted by molar-refractivity contribution is -0.385. The molecule has 1 aliphatic rings. The van der Waals surface area contributed by atoms with Crippen molar-refractivity contribution in [3.8, 4) is 0 Å². The molecule has 1 fully saturated rings. The third-order valence-electron chi connectivity index (χ3n) is 3.42. The molecule has 0 radical (unpaired) electrons. The van der Waals surface area contributed by atoms with Crippen molar-refractivity contribution >= 4 is 28.9 Å². The zero-order valence-corrected chi connectivity index (χ0v) is 12.1. The van der Waals surface area contributed by atoms with Crippen LogP contribution in [0.4, 0.5) is 11.4 Å². The van der Waals surface area contributed by atoms with E-state index in [9.17, 15) is 14.9 Å². The number of carbonyl (C=O) groups is 1. The fourth-order valence-corrected chi connectivity index (χ4v) is 2.78. The molecule has 21 heavy (non-hydrogen) atoms. The molecule has 8 heteroatoms. The van der Waals surface area contributed by atoms with Crippen molar-refractivity contribution in [1.29, 1.82) is 0 Å². The summed E-state index contributed by atoms with van der Waals surface area (Å²) in [6.45, 7) is 1.52. The number of anilines is 1. The zero-order valence-electron chi connectivity index (χ0n) is 11.3. The van der Waals surface area contributed by atoms with Crippen LogP contribution in [0.15, 0.2) is 12.1 Å². The molecule has 0 spiro atoms. The topological polar surface area (TPSA) is 95.7 Å². The molecule has 0 aromatic heterocycles. The smallest absolute Gasteiger partial charge is 0.317 e. The van der Waals surface area contributed by atoms with Gasteiger partial charge in [0.1, 0.15) is 0 Å². The number of halogens is 1. The monoisotopic (exact) mass is 313 g/mol. The van der Waals surface area contributed by atoms with E-state index in [0.29, 0.717) is 10.6 Å². The van der Waals surface area contributed by atoms with Crippen LogP contribution in [0.1, 0.15) is 18.4 Å². The molecule has 0 aliphatic carbocycles. The third kappa shape index (κ3) is 3.62. The molecule has 0 saturated carbocycles. The lowest BCUT2D eigenvalue weighted by atomic mass is 10.1. The van der Waals surface area contributed by atoms with Gasteiger partial charge in [0.05, 0.1) is 27.7 Å². The third-order valence-corrected chi connectivity index (χ3v) is 3.84. The SMILES string of the molecule is O=C(O)CNCc1c([N+](=O)[O-])ccc(N2CCCC2)c1Cl. The summed E-state index contributed by atoms with van der Waals surface area (Å²) in [6, 6.07) is 3.09. The number of carboxylic acid groups (broad SMARTS) is 1. The second kappa shape index (κ2) is 6.73. The van der Waals surface area contributed by atoms with E-state index in [1.54, 1.807) is 6.07 Å². The van der Waals surface area contributed by atoms with Gasteiger partial charge in [-0.1, -0.05) is 11.6 Å². The predicted molar refractivity (Wildman–Crippen MR) is 78.9 cm³/mol. The van der Waals surface area contributed by atoms with Crippen LogP contribution >= 0.6 is 11.6 Å². The number of nitrogens with zero attached hydrogens (tertiary/aromatic N) is 2. The Balaban J connectivity index is 2.30. The number of aliphatic carboxylic acids is 1. The number of nitrogens with one attached hydrogen (secondary N) is 1. The Morgan fingerprint density at radius 1 is 1.43 bits per heavy atom. The zero-order chi connectivity index (χ0) is 15.4. The summed E-state index contributed by atoms with van der Waals surface area (Å²) in [6.07, 6.45) is 2.14. The van der Waals surface area contributed by atoms with Crippen molar-refractivity contribution in [3.05, 3.63) is 32.8 Å². The van der Waals surface area contributed by atoms with Gasteiger partial charge in [0.25, 0.3) is 5.69 Å². The summed E-state index contributed by atoms with van der Waals surface area (Å²) in [5.74, 6) is -1.02. The molecule has 1 aliphatic heterocycles. The van der Waals surface area contributed by atoms with Crippen LogP contribution in [0.3, 0.4) is 0 Å². The molecule has 0 bridgehead atoms. The van der Waals surface area contributed by atoms with E-state index in [1.165, 1.54) is 6.07 Å². The van der Waals surface area contributed by atoms with Crippen molar-refractivity contribution in [2.24, 2.45) is 0 Å². The fourth-order valence-electron chi connectivity index (χ4n) is 2.43. The maximum Gasteiger partial charge on any atom is 0.317 e. The maximum absolute atomic E-state index is 11.1. The highest BCUT2D eigenvalue weighted by atomic mass is 35.5. The molecule has 1 heterocycles. The van der Waals surface area contributed by atoms with E-state index in [1.807, 2.05) is 0 Å². The van der Waals surface area contributed by atoms with Crippen LogP contribution in [-0.2, 0) is 11.3 Å². The Bertz CT molecular complexity index is 559. The lowest BCUT2D eigenvalue weighted by Gasteiger charge is -2.20. The van der Waals surface area contributed by atoms with E-state index in [2.05, 4.69) is 10.2 Å². The summed E-state index contributed by atoms with van der Waals surface area (Å²) in [5.41, 5.74) is 1.00. The highest BCUT2D eigenvalue weighted by Gasteiger charge is 2.23. The molecule has 0 atom stereocenters. The van der Waals surface area contributed by atoms with Gasteiger partial charge in [0.15, 0.2) is 0 Å². The van der Waals surface area contributed by atoms with Crippen LogP contribution in [-0.4, -0.2) is 35.6 Å². The number of carboxylic acids is 1. The minimum Gasteiger partial charge on any atom is -0.480 e. The Kier molecular flexibility index (Phi) is 4.98. The van der Waals surface area contributed by atoms with E-state index in [-0.39, 0.29) is 18.8 Å². The molecule has 0 unspecified atom stereocenters. The average Bonchev–Trinajstić information content (AvgIpc) is 2.93. The van der Waals surface area contributed by atoms with Crippen molar-refractivity contribution in [2.75, 3.05) is 24.5 Å². The van der Waals surface area contributed by atoms with Gasteiger partial charge < -0.3 is 15.3 Å². The van der Waals surface area contributed by atoms with Crippen LogP contribution in [0.25, 0.3) is 0 Å². The van der Waals surface area contributed by atoms with Gasteiger partial charge in [-0.3, -0.25) is 14.9 Å². The lowest BCUT2D eigenvalue weighted by Crippen LogP contribution is -2.23. The van der Waals surface area contributed by atoms with Gasteiger partial charge in [-0.15, -0.1) is 0 Å². The van der Waals surface area contributed by atoms with E-state index in [0.717, 1.165) is 31.6 Å². The Morgan fingerprint density at radius 2 is 2.10 bits per heavy atom. The van der Waals surface area contributed by atoms with E-state index >= 15 is 0 Å². The predicted octanol–water partition coefficient (Wildman–Crippen LogP) is 2.02. The summed E-state index contributed by atoms with van der Waals surface area (Å²) in [5, 5.41) is 22.7. The number of nitro groups is 1. The summed E-state index contributed by atoms with van der Waals surface area (Å²) < 4.78 is 0. The minimum absolute atomic E-state index is 0.0448. The average molecular weight is 314 g/mol. The van der Waals surface area contributed by atoms with Crippen LogP contribution in [0.5, 0.6) is 0 Å². The van der Waals surface area contributed by atoms with Gasteiger partial charge in [0, 0.05) is 25.7 Å². The summed E-state index contributed by atoms with van der Waals surface area (Å²) in [4.78, 5) is 23.2. The molecule has 2 N–H and O–H groups in total. The van der Waals surface area contributed by atoms with Crippen LogP contribution in [0, 0.1) is 10.1 Å². The standard InChI is InChI=1S/C13H16ClN3O4/c14-13-9(7-15-8-12(18)19)10(17(20)21)3-4-11(13)16-5-1-2-6-16/h3-4,15H,1-2,5-8H2,(H,18,19). The highest BCUT2D eigenvalue weighted by Crippen LogP contribution is 2.36. The molecule has 1 saturated heterocycles. The van der Waals surface area contributed by atoms with E-state index < -0.39 is 10.9 Å². The molecule has 114 valence electrons. The second-order valence-electron chi connectivity index (χ2n) is 4.84. The molecular formula is C13H16ClN3O4. The normalized spacial score (nSPS) is 14.4. The van der Waals surface area contributed by atoms with Crippen LogP contribution < -0.4 is 10.2 Å². The van der Waals surface area contributed by atoms with Crippen molar-refractivity contribution in [2.45, 2.75) is 19.4 Å². The Labute approximate surface area is 126 Å². The Hall–Kier alpha value is -1.86. The van der Waals surface area contributed by atoms with Crippen molar-refractivity contribution in [3.63, 3.8) is 0 Å². The first kappa shape index (κ1) is 15.5. The number of benzene rings is 1. The fraction of sp³-hybridized carbons (Fsp3) is 0.462. The molecular weight excluding hydrogens is 298 g/mol. The van der Waals surface area contributed by atoms with Gasteiger partial charge in [0.2, 0.25) is 0 Å². The highest BCUT2D eigenvalue weighted by molar-refractivity contribution is 6.34. The van der Waals surface area contributed by atoms with Gasteiger partial charge in [-0.05, 0) is 18.9 Å². The number of hydrogen-bond donors (Lipinski definition) is 2. The number of nitro benzene ring substituents is 1. The van der Waals surface area contributed by atoms with Gasteiger partial charge in [-0.2, -0.15) is 0 Å². The molecule has 1 aromatic carbocycles. The second-order valence-corrected chi connectivity index (χ2v) is 5.22. The Morgan fingerprint density at radius 3 is 2.67 bits per heavy atom. The molecule has 2 rings (SSSR count). The maximum atomic E-state index is 11.1. The van der Waals surface area contributed by atoms with Crippen molar-refractivity contribution in [1.82, 2.24) is 5.32 Å². The first-order valence-electron chi connectivity index (χ1n) is 6.64. The molecule has 1 aromatic rings. The molecule has 0 amide bonds. The quantitative estimate of drug-likeness (QED) is 0.616. The summed E-state index contributed by atoms with van der Waals surface area (Å²) in [7, 11) is 0. The summed E-state index contributed by atoms with van der Waals surface area (Å²) >= 11 is 6.32. The minimum atomic E-state index is -1.02. The molecule has 7 nitrogen and oxygen atoms in total. The van der Waals surface area contributed by atoms with Gasteiger partial charge in [-0.25, -0.2) is 0 Å². The first-order valence-corrected chi connectivity index (χ1v) is 7.01. The largest absolute Gasteiger partial charge is 0.480 e. The number of rotatable bonds is 6. The number of hydrogen-bond acceptors (Lipinski definition) is 5. The first-order chi connectivity index (χ1) is 10.0. The van der Waals surface area contributed by atoms with Gasteiger partial charge >= 0.3 is 5.97 Å². The van der Waals surface area contributed by atoms with Crippen molar-refractivity contribution < 1.29 is 14.8 Å². The van der Waals surface area contributed by atoms with E-state index in [4.69, 9.17) is 16.7 Å². The van der Waals surface area contributed by atoms with Crippen LogP contribution in [0.2, 0.25) is 5.02 Å².